The summed E-state index contributed by atoms with van der Waals surface area (Å²) in [6.07, 6.45) is -1.52. The molecule has 2 aromatic heterocycles. The number of ether oxygens (including phenoxy) is 1. The Morgan fingerprint density at radius 3 is 2.66 bits per heavy atom. The van der Waals surface area contributed by atoms with Crippen LogP contribution in [0.3, 0.4) is 0 Å². The first-order chi connectivity index (χ1) is 13.7. The van der Waals surface area contributed by atoms with Crippen LogP contribution in [0.4, 0.5) is 19.0 Å². The normalized spacial score (nSPS) is 11.1. The van der Waals surface area contributed by atoms with Gasteiger partial charge in [0.2, 0.25) is 11.8 Å². The van der Waals surface area contributed by atoms with E-state index in [1.165, 1.54) is 18.3 Å². The van der Waals surface area contributed by atoms with E-state index >= 15 is 0 Å². The van der Waals surface area contributed by atoms with Crippen molar-refractivity contribution in [3.05, 3.63) is 46.7 Å². The van der Waals surface area contributed by atoms with Crippen molar-refractivity contribution in [2.24, 2.45) is 0 Å². The number of pyridine rings is 2. The molecule has 2 aromatic rings. The molecule has 0 radical (unpaired) electrons. The Kier molecular flexibility index (Phi) is 7.77. The largest absolute Gasteiger partial charge is 0.475 e. The van der Waals surface area contributed by atoms with Crippen molar-refractivity contribution in [3.63, 3.8) is 0 Å². The first-order valence-electron chi connectivity index (χ1n) is 8.60. The fourth-order valence-electron chi connectivity index (χ4n) is 2.17. The van der Waals surface area contributed by atoms with Gasteiger partial charge < -0.3 is 15.4 Å². The van der Waals surface area contributed by atoms with Crippen LogP contribution in [-0.2, 0) is 11.0 Å². The summed E-state index contributed by atoms with van der Waals surface area (Å²) in [5.74, 6) is -0.549. The van der Waals surface area contributed by atoms with Gasteiger partial charge in [0.15, 0.2) is 0 Å². The molecule has 0 saturated heterocycles. The summed E-state index contributed by atoms with van der Waals surface area (Å²) in [5.41, 5.74) is -0.708. The van der Waals surface area contributed by atoms with Gasteiger partial charge in [-0.1, -0.05) is 18.5 Å². The molecule has 0 spiro atoms. The maximum atomic E-state index is 12.6. The van der Waals surface area contributed by atoms with Crippen LogP contribution in [0.15, 0.2) is 30.6 Å². The molecular formula is C18H18ClF3N4O3. The van der Waals surface area contributed by atoms with Gasteiger partial charge in [0, 0.05) is 24.4 Å². The quantitative estimate of drug-likeness (QED) is 0.623. The van der Waals surface area contributed by atoms with E-state index < -0.39 is 17.6 Å². The van der Waals surface area contributed by atoms with Gasteiger partial charge in [-0.2, -0.15) is 13.2 Å². The lowest BCUT2D eigenvalue weighted by Crippen LogP contribution is -2.28. The van der Waals surface area contributed by atoms with Crippen molar-refractivity contribution in [3.8, 4) is 5.88 Å². The van der Waals surface area contributed by atoms with Crippen molar-refractivity contribution in [1.29, 1.82) is 0 Å². The number of carbonyl (C=O) groups excluding carboxylic acids is 2. The Balaban J connectivity index is 1.85. The van der Waals surface area contributed by atoms with E-state index in [4.69, 9.17) is 16.3 Å². The third kappa shape index (κ3) is 6.90. The molecule has 2 amide bonds. The molecule has 156 valence electrons. The molecule has 2 heterocycles. The van der Waals surface area contributed by atoms with Crippen LogP contribution in [-0.4, -0.2) is 34.9 Å². The summed E-state index contributed by atoms with van der Waals surface area (Å²) in [6, 6.07) is 3.62. The highest BCUT2D eigenvalue weighted by atomic mass is 35.5. The Morgan fingerprint density at radius 1 is 1.24 bits per heavy atom. The van der Waals surface area contributed by atoms with Gasteiger partial charge in [0.1, 0.15) is 17.4 Å². The number of nitrogens with one attached hydrogen (secondary N) is 2. The highest BCUT2D eigenvalue weighted by Gasteiger charge is 2.31. The van der Waals surface area contributed by atoms with Crippen LogP contribution in [0.25, 0.3) is 0 Å². The Labute approximate surface area is 169 Å². The lowest BCUT2D eigenvalue weighted by molar-refractivity contribution is -0.137. The molecule has 0 bridgehead atoms. The summed E-state index contributed by atoms with van der Waals surface area (Å²) >= 11 is 5.74. The molecule has 0 aliphatic carbocycles. The zero-order valence-electron chi connectivity index (χ0n) is 15.3. The molecule has 0 unspecified atom stereocenters. The SMILES string of the molecule is CCCC(=O)Nc1cc(C(=O)NCCOc2ncc(C(F)(F)F)cc2Cl)ccn1. The number of alkyl halides is 3. The van der Waals surface area contributed by atoms with Crippen molar-refractivity contribution in [1.82, 2.24) is 15.3 Å². The third-order valence-electron chi connectivity index (χ3n) is 3.53. The third-order valence-corrected chi connectivity index (χ3v) is 3.80. The van der Waals surface area contributed by atoms with Crippen LogP contribution >= 0.6 is 11.6 Å². The van der Waals surface area contributed by atoms with Gasteiger partial charge in [0.05, 0.1) is 12.1 Å². The number of halogens is 4. The number of nitrogens with zero attached hydrogens (tertiary/aromatic N) is 2. The molecule has 0 saturated carbocycles. The second-order valence-corrected chi connectivity index (χ2v) is 6.25. The molecule has 2 N–H and O–H groups in total. The number of rotatable bonds is 8. The minimum absolute atomic E-state index is 0.0533. The minimum atomic E-state index is -4.55. The second-order valence-electron chi connectivity index (χ2n) is 5.84. The van der Waals surface area contributed by atoms with Gasteiger partial charge in [-0.15, -0.1) is 0 Å². The standard InChI is InChI=1S/C18H18ClF3N4O3/c1-2-3-15(27)26-14-8-11(4-5-23-14)16(28)24-6-7-29-17-13(19)9-12(10-25-17)18(20,21)22/h4-5,8-10H,2-3,6-7H2,1H3,(H,24,28)(H,23,26,27). The smallest absolute Gasteiger partial charge is 0.417 e. The average Bonchev–Trinajstić information content (AvgIpc) is 2.65. The molecule has 7 nitrogen and oxygen atoms in total. The predicted molar refractivity (Wildman–Crippen MR) is 99.9 cm³/mol. The molecule has 0 aliphatic heterocycles. The number of amides is 2. The molecule has 11 heteroatoms. The van der Waals surface area contributed by atoms with Gasteiger partial charge in [0.25, 0.3) is 5.91 Å². The van der Waals surface area contributed by atoms with Gasteiger partial charge in [-0.3, -0.25) is 9.59 Å². The first-order valence-corrected chi connectivity index (χ1v) is 8.98. The lowest BCUT2D eigenvalue weighted by atomic mass is 10.2. The molecule has 29 heavy (non-hydrogen) atoms. The molecule has 0 aromatic carbocycles. The van der Waals surface area contributed by atoms with Gasteiger partial charge in [-0.25, -0.2) is 9.97 Å². The summed E-state index contributed by atoms with van der Waals surface area (Å²) in [5, 5.41) is 4.88. The number of hydrogen-bond acceptors (Lipinski definition) is 5. The van der Waals surface area contributed by atoms with Crippen LogP contribution in [0, 0.1) is 0 Å². The van der Waals surface area contributed by atoms with Crippen LogP contribution < -0.4 is 15.4 Å². The van der Waals surface area contributed by atoms with Gasteiger partial charge >= 0.3 is 6.18 Å². The Hall–Kier alpha value is -2.88. The van der Waals surface area contributed by atoms with E-state index in [2.05, 4.69) is 20.6 Å². The van der Waals surface area contributed by atoms with Crippen LogP contribution in [0.2, 0.25) is 5.02 Å². The zero-order chi connectivity index (χ0) is 21.4. The average molecular weight is 431 g/mol. The molecule has 2 rings (SSSR count). The van der Waals surface area contributed by atoms with Crippen molar-refractivity contribution >= 4 is 29.2 Å². The summed E-state index contributed by atoms with van der Waals surface area (Å²) in [6.45, 7) is 1.86. The summed E-state index contributed by atoms with van der Waals surface area (Å²) in [7, 11) is 0. The Morgan fingerprint density at radius 2 is 2.00 bits per heavy atom. The lowest BCUT2D eigenvalue weighted by Gasteiger charge is -2.11. The highest BCUT2D eigenvalue weighted by Crippen LogP contribution is 2.32. The van der Waals surface area contributed by atoms with E-state index in [-0.39, 0.29) is 41.3 Å². The zero-order valence-corrected chi connectivity index (χ0v) is 16.1. The summed E-state index contributed by atoms with van der Waals surface area (Å²) < 4.78 is 42.9. The van der Waals surface area contributed by atoms with Crippen LogP contribution in [0.1, 0.15) is 35.7 Å². The Bertz CT molecular complexity index is 878. The van der Waals surface area contributed by atoms with Crippen molar-refractivity contribution in [2.45, 2.75) is 25.9 Å². The van der Waals surface area contributed by atoms with E-state index in [1.54, 1.807) is 0 Å². The fraction of sp³-hybridized carbons (Fsp3) is 0.333. The van der Waals surface area contributed by atoms with E-state index in [1.807, 2.05) is 6.92 Å². The molecule has 0 aliphatic rings. The number of hydrogen-bond donors (Lipinski definition) is 2. The fourth-order valence-corrected chi connectivity index (χ4v) is 2.39. The number of anilines is 1. The van der Waals surface area contributed by atoms with E-state index in [0.717, 1.165) is 0 Å². The molecular weight excluding hydrogens is 413 g/mol. The summed E-state index contributed by atoms with van der Waals surface area (Å²) in [4.78, 5) is 31.3. The number of carbonyl (C=O) groups is 2. The first kappa shape index (κ1) is 22.4. The predicted octanol–water partition coefficient (Wildman–Crippen LogP) is 3.70. The van der Waals surface area contributed by atoms with Crippen molar-refractivity contribution < 1.29 is 27.5 Å². The molecule has 0 atom stereocenters. The van der Waals surface area contributed by atoms with E-state index in [0.29, 0.717) is 25.1 Å². The van der Waals surface area contributed by atoms with E-state index in [9.17, 15) is 22.8 Å². The van der Waals surface area contributed by atoms with Crippen molar-refractivity contribution in [2.75, 3.05) is 18.5 Å². The van der Waals surface area contributed by atoms with Gasteiger partial charge in [-0.05, 0) is 24.6 Å². The minimum Gasteiger partial charge on any atom is -0.475 e. The number of aromatic nitrogens is 2. The molecule has 0 fully saturated rings. The maximum absolute atomic E-state index is 12.6. The highest BCUT2D eigenvalue weighted by molar-refractivity contribution is 6.31. The maximum Gasteiger partial charge on any atom is 0.417 e. The second kappa shape index (κ2) is 10.1. The van der Waals surface area contributed by atoms with Crippen LogP contribution in [0.5, 0.6) is 5.88 Å². The monoisotopic (exact) mass is 430 g/mol. The topological polar surface area (TPSA) is 93.2 Å².